The predicted octanol–water partition coefficient (Wildman–Crippen LogP) is 5.51. The Kier molecular flexibility index (Phi) is 5.64. The number of hydrogen-bond acceptors (Lipinski definition) is 5. The summed E-state index contributed by atoms with van der Waals surface area (Å²) < 4.78 is 6.87. The van der Waals surface area contributed by atoms with Crippen molar-refractivity contribution >= 4 is 46.1 Å². The maximum Gasteiger partial charge on any atom is 0.265 e. The fourth-order valence-electron chi connectivity index (χ4n) is 3.37. The number of anilines is 1. The summed E-state index contributed by atoms with van der Waals surface area (Å²) in [6.07, 6.45) is 1.37. The van der Waals surface area contributed by atoms with E-state index in [4.69, 9.17) is 16.0 Å². The normalized spacial score (nSPS) is 11.1. The van der Waals surface area contributed by atoms with Crippen molar-refractivity contribution in [1.29, 1.82) is 0 Å². The molecule has 31 heavy (non-hydrogen) atoms. The Hall–Kier alpha value is -3.03. The van der Waals surface area contributed by atoms with Crippen molar-refractivity contribution in [2.75, 3.05) is 5.32 Å². The summed E-state index contributed by atoms with van der Waals surface area (Å²) in [5, 5.41) is 3.55. The molecule has 1 amide bonds. The monoisotopic (exact) mass is 453 g/mol. The van der Waals surface area contributed by atoms with E-state index in [0.717, 1.165) is 15.4 Å². The first-order valence-electron chi connectivity index (χ1n) is 9.55. The van der Waals surface area contributed by atoms with Gasteiger partial charge in [0, 0.05) is 21.9 Å². The first-order valence-corrected chi connectivity index (χ1v) is 10.7. The number of fused-ring (bicyclic) bond motifs is 1. The molecular formula is C23H20ClN3O3S. The van der Waals surface area contributed by atoms with Crippen molar-refractivity contribution in [2.45, 2.75) is 30.6 Å². The van der Waals surface area contributed by atoms with E-state index in [1.165, 1.54) is 28.2 Å². The van der Waals surface area contributed by atoms with Gasteiger partial charge < -0.3 is 14.3 Å². The van der Waals surface area contributed by atoms with Gasteiger partial charge in [-0.05, 0) is 50.6 Å². The summed E-state index contributed by atoms with van der Waals surface area (Å²) in [6.45, 7) is 5.73. The van der Waals surface area contributed by atoms with E-state index in [-0.39, 0.29) is 22.2 Å². The molecule has 0 spiro atoms. The zero-order valence-electron chi connectivity index (χ0n) is 17.4. The highest BCUT2D eigenvalue weighted by Crippen LogP contribution is 2.37. The van der Waals surface area contributed by atoms with E-state index >= 15 is 0 Å². The van der Waals surface area contributed by atoms with Gasteiger partial charge in [0.15, 0.2) is 0 Å². The Bertz CT molecular complexity index is 1390. The van der Waals surface area contributed by atoms with E-state index in [9.17, 15) is 9.59 Å². The van der Waals surface area contributed by atoms with E-state index < -0.39 is 5.91 Å². The van der Waals surface area contributed by atoms with Gasteiger partial charge in [0.2, 0.25) is 5.71 Å². The van der Waals surface area contributed by atoms with E-state index in [1.807, 2.05) is 26.0 Å². The summed E-state index contributed by atoms with van der Waals surface area (Å²) in [4.78, 5) is 31.8. The number of aryl methyl sites for hydroxylation is 4. The fraction of sp³-hybridized carbons (Fsp3) is 0.174. The van der Waals surface area contributed by atoms with Crippen LogP contribution in [0.3, 0.4) is 0 Å². The Morgan fingerprint density at radius 2 is 1.87 bits per heavy atom. The molecule has 0 atom stereocenters. The van der Waals surface area contributed by atoms with Gasteiger partial charge in [0.05, 0.1) is 11.3 Å². The second kappa shape index (κ2) is 8.24. The average molecular weight is 454 g/mol. The summed E-state index contributed by atoms with van der Waals surface area (Å²) in [6, 6.07) is 11.6. The van der Waals surface area contributed by atoms with Crippen LogP contribution in [-0.2, 0) is 7.05 Å². The van der Waals surface area contributed by atoms with E-state index in [1.54, 1.807) is 26.1 Å². The Labute approximate surface area is 188 Å². The molecule has 4 rings (SSSR count). The summed E-state index contributed by atoms with van der Waals surface area (Å²) in [7, 11) is 1.58. The lowest BCUT2D eigenvalue weighted by atomic mass is 10.1. The van der Waals surface area contributed by atoms with Crippen LogP contribution in [-0.4, -0.2) is 15.5 Å². The standard InChI is InChI=1S/C23H20ClN3O3S/c1-12-5-7-17(13(2)9-12)31-18-8-6-15(24)10-16(18)26-21(28)19-14(3)30-22-20(19)23(29)27(4)11-25-22/h5-11H,1-4H3,(H,26,28). The van der Waals surface area contributed by atoms with Gasteiger partial charge in [0.1, 0.15) is 17.5 Å². The molecule has 4 aromatic rings. The van der Waals surface area contributed by atoms with E-state index in [0.29, 0.717) is 16.5 Å². The quantitative estimate of drug-likeness (QED) is 0.441. The molecule has 0 bridgehead atoms. The molecule has 0 aliphatic rings. The number of carbonyl (C=O) groups is 1. The molecule has 8 heteroatoms. The van der Waals surface area contributed by atoms with Crippen LogP contribution in [0.5, 0.6) is 0 Å². The predicted molar refractivity (Wildman–Crippen MR) is 123 cm³/mol. The number of halogens is 1. The minimum atomic E-state index is -0.453. The zero-order valence-corrected chi connectivity index (χ0v) is 19.0. The van der Waals surface area contributed by atoms with Crippen LogP contribution >= 0.6 is 23.4 Å². The van der Waals surface area contributed by atoms with Crippen LogP contribution in [0.2, 0.25) is 5.02 Å². The number of benzene rings is 2. The lowest BCUT2D eigenvalue weighted by molar-refractivity contribution is 0.102. The van der Waals surface area contributed by atoms with Gasteiger partial charge in [-0.3, -0.25) is 9.59 Å². The summed E-state index contributed by atoms with van der Waals surface area (Å²) in [5.74, 6) is -0.125. The molecule has 0 fully saturated rings. The fourth-order valence-corrected chi connectivity index (χ4v) is 4.49. The van der Waals surface area contributed by atoms with E-state index in [2.05, 4.69) is 22.4 Å². The second-order valence-electron chi connectivity index (χ2n) is 7.34. The van der Waals surface area contributed by atoms with Crippen LogP contribution < -0.4 is 10.9 Å². The topological polar surface area (TPSA) is 77.1 Å². The van der Waals surface area contributed by atoms with Crippen LogP contribution in [0.25, 0.3) is 11.1 Å². The molecule has 0 radical (unpaired) electrons. The molecule has 0 unspecified atom stereocenters. The van der Waals surface area contributed by atoms with Gasteiger partial charge in [-0.2, -0.15) is 0 Å². The summed E-state index contributed by atoms with van der Waals surface area (Å²) in [5.41, 5.74) is 2.85. The highest BCUT2D eigenvalue weighted by Gasteiger charge is 2.23. The average Bonchev–Trinajstić information content (AvgIpc) is 3.05. The number of amides is 1. The molecule has 158 valence electrons. The molecule has 2 aromatic carbocycles. The maximum absolute atomic E-state index is 13.2. The zero-order chi connectivity index (χ0) is 22.3. The van der Waals surface area contributed by atoms with Crippen molar-refractivity contribution in [3.8, 4) is 0 Å². The van der Waals surface area contributed by atoms with Gasteiger partial charge in [0.25, 0.3) is 11.5 Å². The molecule has 0 saturated heterocycles. The number of furan rings is 1. The lowest BCUT2D eigenvalue weighted by Gasteiger charge is -2.13. The molecule has 2 aromatic heterocycles. The molecule has 6 nitrogen and oxygen atoms in total. The molecule has 0 aliphatic carbocycles. The molecular weight excluding hydrogens is 434 g/mol. The van der Waals surface area contributed by atoms with Crippen molar-refractivity contribution in [2.24, 2.45) is 7.05 Å². The van der Waals surface area contributed by atoms with Crippen LogP contribution in [0.15, 0.2) is 61.7 Å². The third-order valence-electron chi connectivity index (χ3n) is 4.92. The van der Waals surface area contributed by atoms with Crippen LogP contribution in [0, 0.1) is 20.8 Å². The smallest absolute Gasteiger partial charge is 0.265 e. The van der Waals surface area contributed by atoms with Crippen LogP contribution in [0.1, 0.15) is 27.2 Å². The molecule has 2 heterocycles. The number of rotatable bonds is 4. The van der Waals surface area contributed by atoms with Crippen molar-refractivity contribution in [3.63, 3.8) is 0 Å². The third kappa shape index (κ3) is 4.11. The van der Waals surface area contributed by atoms with Crippen molar-refractivity contribution in [3.05, 3.63) is 80.6 Å². The number of hydrogen-bond donors (Lipinski definition) is 1. The first kappa shape index (κ1) is 21.2. The number of nitrogens with zero attached hydrogens (tertiary/aromatic N) is 2. The highest BCUT2D eigenvalue weighted by molar-refractivity contribution is 7.99. The molecule has 1 N–H and O–H groups in total. The number of nitrogens with one attached hydrogen (secondary N) is 1. The Balaban J connectivity index is 1.73. The van der Waals surface area contributed by atoms with Crippen molar-refractivity contribution in [1.82, 2.24) is 9.55 Å². The van der Waals surface area contributed by atoms with Gasteiger partial charge in [-0.25, -0.2) is 4.98 Å². The largest absolute Gasteiger partial charge is 0.442 e. The Morgan fingerprint density at radius 3 is 2.61 bits per heavy atom. The minimum Gasteiger partial charge on any atom is -0.442 e. The number of carbonyl (C=O) groups excluding carboxylic acids is 1. The van der Waals surface area contributed by atoms with Crippen LogP contribution in [0.4, 0.5) is 5.69 Å². The van der Waals surface area contributed by atoms with Gasteiger partial charge in [-0.15, -0.1) is 0 Å². The highest BCUT2D eigenvalue weighted by atomic mass is 35.5. The SMILES string of the molecule is Cc1ccc(Sc2ccc(Cl)cc2NC(=O)c2c(C)oc3ncn(C)c(=O)c23)c(C)c1. The first-order chi connectivity index (χ1) is 14.7. The third-order valence-corrected chi connectivity index (χ3v) is 6.40. The van der Waals surface area contributed by atoms with Crippen molar-refractivity contribution < 1.29 is 9.21 Å². The maximum atomic E-state index is 13.2. The lowest BCUT2D eigenvalue weighted by Crippen LogP contribution is -2.20. The molecule has 0 aliphatic heterocycles. The minimum absolute atomic E-state index is 0.140. The second-order valence-corrected chi connectivity index (χ2v) is 8.86. The number of aromatic nitrogens is 2. The molecule has 0 saturated carbocycles. The summed E-state index contributed by atoms with van der Waals surface area (Å²) >= 11 is 7.75. The van der Waals surface area contributed by atoms with Gasteiger partial charge >= 0.3 is 0 Å². The Morgan fingerprint density at radius 1 is 1.13 bits per heavy atom. The van der Waals surface area contributed by atoms with Gasteiger partial charge in [-0.1, -0.05) is 41.1 Å².